The maximum Gasteiger partial charge on any atom is 0.104 e. The molecule has 0 radical (unpaired) electrons. The average Bonchev–Trinajstić information content (AvgIpc) is 3.29. The van der Waals surface area contributed by atoms with E-state index in [0.29, 0.717) is 6.54 Å². The van der Waals surface area contributed by atoms with Crippen molar-refractivity contribution in [2.24, 2.45) is 0 Å². The van der Waals surface area contributed by atoms with Crippen LogP contribution in [-0.2, 0) is 12.1 Å². The van der Waals surface area contributed by atoms with Gasteiger partial charge in [0.1, 0.15) is 5.60 Å². The molecular formula is C19H21N3OS. The number of aromatic nitrogens is 2. The van der Waals surface area contributed by atoms with Crippen LogP contribution in [0.1, 0.15) is 22.4 Å². The fourth-order valence-electron chi connectivity index (χ4n) is 3.54. The summed E-state index contributed by atoms with van der Waals surface area (Å²) in [6, 6.07) is 14.5. The monoisotopic (exact) mass is 339 g/mol. The summed E-state index contributed by atoms with van der Waals surface area (Å²) < 4.78 is 0. The second-order valence-corrected chi connectivity index (χ2v) is 7.71. The third-order valence-electron chi connectivity index (χ3n) is 4.78. The number of aliphatic hydroxyl groups is 1. The van der Waals surface area contributed by atoms with E-state index in [1.807, 2.05) is 18.2 Å². The van der Waals surface area contributed by atoms with Gasteiger partial charge in [-0.05, 0) is 42.7 Å². The molecule has 24 heavy (non-hydrogen) atoms. The molecule has 3 heterocycles. The molecule has 1 aromatic carbocycles. The molecule has 4 rings (SSSR count). The number of aryl methyl sites for hydroxylation is 1. The van der Waals surface area contributed by atoms with E-state index >= 15 is 0 Å². The van der Waals surface area contributed by atoms with Gasteiger partial charge in [-0.2, -0.15) is 5.10 Å². The van der Waals surface area contributed by atoms with Gasteiger partial charge in [-0.25, -0.2) is 0 Å². The summed E-state index contributed by atoms with van der Waals surface area (Å²) in [7, 11) is 0. The van der Waals surface area contributed by atoms with E-state index in [1.54, 1.807) is 17.5 Å². The van der Waals surface area contributed by atoms with E-state index in [0.717, 1.165) is 30.8 Å². The highest BCUT2D eigenvalue weighted by molar-refractivity contribution is 7.15. The van der Waals surface area contributed by atoms with Crippen molar-refractivity contribution in [1.29, 1.82) is 0 Å². The predicted molar refractivity (Wildman–Crippen MR) is 96.9 cm³/mol. The molecule has 1 unspecified atom stereocenters. The van der Waals surface area contributed by atoms with E-state index in [9.17, 15) is 5.11 Å². The second kappa shape index (κ2) is 6.16. The largest absolute Gasteiger partial charge is 0.384 e. The van der Waals surface area contributed by atoms with Crippen LogP contribution in [0.15, 0.2) is 48.7 Å². The van der Waals surface area contributed by atoms with E-state index in [1.165, 1.54) is 15.3 Å². The SMILES string of the molecule is Cc1ccccc1C1(O)CCN(Cc2ccc(-c3ccn[nH]3)s2)C1. The van der Waals surface area contributed by atoms with Crippen molar-refractivity contribution in [2.75, 3.05) is 13.1 Å². The molecule has 0 aliphatic carbocycles. The van der Waals surface area contributed by atoms with Crippen LogP contribution in [0.4, 0.5) is 0 Å². The Bertz CT molecular complexity index is 827. The van der Waals surface area contributed by atoms with E-state index in [-0.39, 0.29) is 0 Å². The number of aromatic amines is 1. The van der Waals surface area contributed by atoms with Gasteiger partial charge in [0.05, 0.1) is 10.6 Å². The summed E-state index contributed by atoms with van der Waals surface area (Å²) in [5, 5.41) is 18.1. The summed E-state index contributed by atoms with van der Waals surface area (Å²) >= 11 is 1.78. The topological polar surface area (TPSA) is 52.1 Å². The number of β-amino-alcohol motifs (C(OH)–C–C–N with tert-alkyl or cyclic N) is 1. The summed E-state index contributed by atoms with van der Waals surface area (Å²) in [6.07, 6.45) is 2.56. The van der Waals surface area contributed by atoms with Crippen LogP contribution in [0.25, 0.3) is 10.6 Å². The molecule has 1 fully saturated rings. The zero-order valence-corrected chi connectivity index (χ0v) is 14.5. The van der Waals surface area contributed by atoms with Crippen molar-refractivity contribution in [3.63, 3.8) is 0 Å². The number of hydrogen-bond acceptors (Lipinski definition) is 4. The third-order valence-corrected chi connectivity index (χ3v) is 5.88. The zero-order chi connectivity index (χ0) is 16.6. The third kappa shape index (κ3) is 2.90. The van der Waals surface area contributed by atoms with Crippen LogP contribution >= 0.6 is 11.3 Å². The highest BCUT2D eigenvalue weighted by Gasteiger charge is 2.38. The lowest BCUT2D eigenvalue weighted by Gasteiger charge is -2.25. The normalized spacial score (nSPS) is 21.4. The van der Waals surface area contributed by atoms with Gasteiger partial charge in [-0.3, -0.25) is 10.00 Å². The van der Waals surface area contributed by atoms with Crippen LogP contribution in [-0.4, -0.2) is 33.3 Å². The molecule has 1 atom stereocenters. The quantitative estimate of drug-likeness (QED) is 0.764. The smallest absolute Gasteiger partial charge is 0.104 e. The maximum atomic E-state index is 11.1. The molecule has 2 N–H and O–H groups in total. The minimum absolute atomic E-state index is 0.690. The maximum absolute atomic E-state index is 11.1. The van der Waals surface area contributed by atoms with Crippen LogP contribution in [0.3, 0.4) is 0 Å². The molecule has 0 bridgehead atoms. The van der Waals surface area contributed by atoms with Crippen LogP contribution in [0.2, 0.25) is 0 Å². The number of nitrogens with one attached hydrogen (secondary N) is 1. The Morgan fingerprint density at radius 1 is 1.25 bits per heavy atom. The van der Waals surface area contributed by atoms with Gasteiger partial charge in [0, 0.05) is 30.7 Å². The molecule has 5 heteroatoms. The van der Waals surface area contributed by atoms with Crippen molar-refractivity contribution < 1.29 is 5.11 Å². The van der Waals surface area contributed by atoms with Crippen molar-refractivity contribution in [3.05, 3.63) is 64.7 Å². The first-order valence-corrected chi connectivity index (χ1v) is 9.05. The van der Waals surface area contributed by atoms with E-state index in [2.05, 4.69) is 46.3 Å². The molecule has 0 spiro atoms. The standard InChI is InChI=1S/C19H21N3OS/c1-14-4-2-3-5-16(14)19(23)9-11-22(13-19)12-15-6-7-18(24-15)17-8-10-20-21-17/h2-8,10,23H,9,11-13H2,1H3,(H,20,21). The molecule has 1 aliphatic heterocycles. The Kier molecular flexibility index (Phi) is 4.00. The van der Waals surface area contributed by atoms with E-state index < -0.39 is 5.60 Å². The zero-order valence-electron chi connectivity index (χ0n) is 13.7. The lowest BCUT2D eigenvalue weighted by Crippen LogP contribution is -2.31. The lowest BCUT2D eigenvalue weighted by atomic mass is 9.89. The molecule has 1 aliphatic rings. The van der Waals surface area contributed by atoms with Gasteiger partial charge in [-0.15, -0.1) is 11.3 Å². The first-order valence-electron chi connectivity index (χ1n) is 8.23. The molecule has 0 saturated carbocycles. The van der Waals surface area contributed by atoms with Crippen LogP contribution in [0, 0.1) is 6.92 Å². The number of rotatable bonds is 4. The molecular weight excluding hydrogens is 318 g/mol. The second-order valence-electron chi connectivity index (χ2n) is 6.54. The number of thiophene rings is 1. The number of H-pyrrole nitrogens is 1. The van der Waals surface area contributed by atoms with Gasteiger partial charge in [-0.1, -0.05) is 24.3 Å². The first-order chi connectivity index (χ1) is 11.6. The fourth-order valence-corrected chi connectivity index (χ4v) is 4.57. The predicted octanol–water partition coefficient (Wildman–Crippen LogP) is 3.54. The Morgan fingerprint density at radius 2 is 2.12 bits per heavy atom. The minimum Gasteiger partial charge on any atom is -0.384 e. The molecule has 124 valence electrons. The van der Waals surface area contributed by atoms with E-state index in [4.69, 9.17) is 0 Å². The molecule has 2 aromatic heterocycles. The number of likely N-dealkylation sites (tertiary alicyclic amines) is 1. The summed E-state index contributed by atoms with van der Waals surface area (Å²) in [5.41, 5.74) is 2.56. The highest BCUT2D eigenvalue weighted by Crippen LogP contribution is 2.35. The number of benzene rings is 1. The van der Waals surface area contributed by atoms with Crippen molar-refractivity contribution in [1.82, 2.24) is 15.1 Å². The number of hydrogen-bond donors (Lipinski definition) is 2. The van der Waals surface area contributed by atoms with Gasteiger partial charge in [0.15, 0.2) is 0 Å². The number of nitrogens with zero attached hydrogens (tertiary/aromatic N) is 2. The van der Waals surface area contributed by atoms with Crippen LogP contribution < -0.4 is 0 Å². The van der Waals surface area contributed by atoms with Gasteiger partial charge < -0.3 is 5.11 Å². The Balaban J connectivity index is 1.47. The Labute approximate surface area is 145 Å². The van der Waals surface area contributed by atoms with Gasteiger partial charge in [0.25, 0.3) is 0 Å². The fraction of sp³-hybridized carbons (Fsp3) is 0.316. The lowest BCUT2D eigenvalue weighted by molar-refractivity contribution is 0.0448. The minimum atomic E-state index is -0.727. The Morgan fingerprint density at radius 3 is 2.92 bits per heavy atom. The van der Waals surface area contributed by atoms with Gasteiger partial charge >= 0.3 is 0 Å². The van der Waals surface area contributed by atoms with Crippen molar-refractivity contribution >= 4 is 11.3 Å². The van der Waals surface area contributed by atoms with Gasteiger partial charge in [0.2, 0.25) is 0 Å². The first kappa shape index (κ1) is 15.6. The molecule has 1 saturated heterocycles. The Hall–Kier alpha value is -1.95. The average molecular weight is 339 g/mol. The summed E-state index contributed by atoms with van der Waals surface area (Å²) in [4.78, 5) is 4.86. The van der Waals surface area contributed by atoms with Crippen LogP contribution in [0.5, 0.6) is 0 Å². The molecule has 3 aromatic rings. The van der Waals surface area contributed by atoms with Crippen molar-refractivity contribution in [2.45, 2.75) is 25.5 Å². The highest BCUT2D eigenvalue weighted by atomic mass is 32.1. The molecule has 4 nitrogen and oxygen atoms in total. The molecule has 0 amide bonds. The van der Waals surface area contributed by atoms with Crippen molar-refractivity contribution in [3.8, 4) is 10.6 Å². The summed E-state index contributed by atoms with van der Waals surface area (Å²) in [5.74, 6) is 0. The summed E-state index contributed by atoms with van der Waals surface area (Å²) in [6.45, 7) is 4.57.